The number of carbonyl (C=O) groups is 1. The Labute approximate surface area is 173 Å². The highest BCUT2D eigenvalue weighted by Crippen LogP contribution is 2.31. The van der Waals surface area contributed by atoms with Crippen LogP contribution in [0.4, 0.5) is 16.3 Å². The predicted molar refractivity (Wildman–Crippen MR) is 108 cm³/mol. The molecule has 0 unspecified atom stereocenters. The number of nitrogens with zero attached hydrogens (tertiary/aromatic N) is 5. The summed E-state index contributed by atoms with van der Waals surface area (Å²) in [6.07, 6.45) is 1.40. The van der Waals surface area contributed by atoms with E-state index in [1.54, 1.807) is 40.8 Å². The normalized spacial score (nSPS) is 21.1. The summed E-state index contributed by atoms with van der Waals surface area (Å²) in [5, 5.41) is 13.7. The lowest BCUT2D eigenvalue weighted by molar-refractivity contribution is -0.389. The van der Waals surface area contributed by atoms with E-state index < -0.39 is 10.5 Å². The fourth-order valence-corrected chi connectivity index (χ4v) is 3.82. The Bertz CT molecular complexity index is 912. The molecule has 0 aliphatic carbocycles. The molecule has 1 fully saturated rings. The van der Waals surface area contributed by atoms with Gasteiger partial charge in [0.1, 0.15) is 17.5 Å². The van der Waals surface area contributed by atoms with Crippen LogP contribution in [0, 0.1) is 10.1 Å². The van der Waals surface area contributed by atoms with Gasteiger partial charge in [0.15, 0.2) is 0 Å². The van der Waals surface area contributed by atoms with Gasteiger partial charge >= 0.3 is 17.9 Å². The van der Waals surface area contributed by atoms with E-state index in [9.17, 15) is 14.9 Å². The summed E-state index contributed by atoms with van der Waals surface area (Å²) in [5.74, 6) is 0.532. The Morgan fingerprint density at radius 1 is 1.30 bits per heavy atom. The highest BCUT2D eigenvalue weighted by atomic mass is 16.6. The first-order valence-corrected chi connectivity index (χ1v) is 9.68. The van der Waals surface area contributed by atoms with Gasteiger partial charge in [-0.2, -0.15) is 0 Å². The van der Waals surface area contributed by atoms with Gasteiger partial charge in [0.2, 0.25) is 0 Å². The molecule has 2 aromatic rings. The van der Waals surface area contributed by atoms with Crippen LogP contribution < -0.4 is 14.8 Å². The molecule has 2 aliphatic heterocycles. The number of rotatable bonds is 5. The molecule has 160 valence electrons. The summed E-state index contributed by atoms with van der Waals surface area (Å²) in [6, 6.07) is 7.36. The largest absolute Gasteiger partial charge is 0.497 e. The second-order valence-corrected chi connectivity index (χ2v) is 7.74. The smallest absolute Gasteiger partial charge is 0.415 e. The molecule has 1 N–H and O–H groups in total. The van der Waals surface area contributed by atoms with Gasteiger partial charge in [0.05, 0.1) is 13.7 Å². The standard InChI is InChI=1S/C19H24N6O5/c1-19(13-24-11-16(25(27)28)21-18(24)30-19)12-22-7-9-23(10-8-22)17(26)20-14-3-5-15(29-2)6-4-14/h3-6,11H,7-10,12-13H2,1-2H3,(H,20,26)/t19-/m0/s1. The number of nitrogens with one attached hydrogen (secondary N) is 1. The van der Waals surface area contributed by atoms with Crippen molar-refractivity contribution in [1.82, 2.24) is 19.4 Å². The number of urea groups is 1. The maximum atomic E-state index is 12.5. The van der Waals surface area contributed by atoms with Gasteiger partial charge in [0, 0.05) is 43.4 Å². The highest BCUT2D eigenvalue weighted by molar-refractivity contribution is 5.89. The van der Waals surface area contributed by atoms with Crippen LogP contribution in [0.15, 0.2) is 30.5 Å². The lowest BCUT2D eigenvalue weighted by Crippen LogP contribution is -2.54. The molecule has 1 atom stereocenters. The summed E-state index contributed by atoms with van der Waals surface area (Å²) >= 11 is 0. The van der Waals surface area contributed by atoms with E-state index in [1.807, 2.05) is 6.92 Å². The van der Waals surface area contributed by atoms with Crippen molar-refractivity contribution in [3.05, 3.63) is 40.6 Å². The number of anilines is 1. The molecule has 1 saturated heterocycles. The van der Waals surface area contributed by atoms with Crippen LogP contribution in [0.25, 0.3) is 0 Å². The number of amides is 2. The number of benzene rings is 1. The Morgan fingerprint density at radius 3 is 2.60 bits per heavy atom. The quantitative estimate of drug-likeness (QED) is 0.584. The fraction of sp³-hybridized carbons (Fsp3) is 0.474. The van der Waals surface area contributed by atoms with Crippen molar-refractivity contribution >= 4 is 17.5 Å². The number of piperazine rings is 1. The predicted octanol–water partition coefficient (Wildman–Crippen LogP) is 1.80. The zero-order valence-corrected chi connectivity index (χ0v) is 16.9. The van der Waals surface area contributed by atoms with Crippen molar-refractivity contribution in [3.63, 3.8) is 0 Å². The van der Waals surface area contributed by atoms with Gasteiger partial charge in [-0.1, -0.05) is 0 Å². The molecular weight excluding hydrogens is 392 g/mol. The Hall–Kier alpha value is -3.34. The van der Waals surface area contributed by atoms with Gasteiger partial charge in [-0.05, 0) is 36.1 Å². The number of methoxy groups -OCH3 is 1. The third kappa shape index (κ3) is 4.15. The van der Waals surface area contributed by atoms with Crippen molar-refractivity contribution in [3.8, 4) is 11.8 Å². The minimum Gasteiger partial charge on any atom is -0.497 e. The lowest BCUT2D eigenvalue weighted by atomic mass is 10.1. The minimum atomic E-state index is -0.526. The van der Waals surface area contributed by atoms with Crippen molar-refractivity contribution in [2.75, 3.05) is 45.2 Å². The first kappa shape index (κ1) is 20.0. The van der Waals surface area contributed by atoms with Crippen molar-refractivity contribution < 1.29 is 19.2 Å². The van der Waals surface area contributed by atoms with Gasteiger partial charge in [-0.15, -0.1) is 0 Å². The molecule has 11 heteroatoms. The molecule has 0 spiro atoms. The van der Waals surface area contributed by atoms with Gasteiger partial charge < -0.3 is 29.8 Å². The fourth-order valence-electron chi connectivity index (χ4n) is 3.82. The first-order valence-electron chi connectivity index (χ1n) is 9.68. The Morgan fingerprint density at radius 2 is 2.00 bits per heavy atom. The van der Waals surface area contributed by atoms with Gasteiger partial charge in [-0.3, -0.25) is 9.47 Å². The number of hydrogen-bond donors (Lipinski definition) is 1. The molecule has 2 aliphatic rings. The SMILES string of the molecule is COc1ccc(NC(=O)N2CCN(C[C@@]3(C)Cn4cc([N+](=O)[O-])nc4O3)CC2)cc1. The van der Waals surface area contributed by atoms with E-state index in [0.29, 0.717) is 26.2 Å². The zero-order chi connectivity index (χ0) is 21.3. The number of ether oxygens (including phenoxy) is 2. The molecule has 4 rings (SSSR count). The molecule has 1 aromatic carbocycles. The van der Waals surface area contributed by atoms with E-state index in [0.717, 1.165) is 24.5 Å². The second-order valence-electron chi connectivity index (χ2n) is 7.74. The van der Waals surface area contributed by atoms with Gasteiger partial charge in [-0.25, -0.2) is 4.79 Å². The van der Waals surface area contributed by atoms with Crippen LogP contribution >= 0.6 is 0 Å². The van der Waals surface area contributed by atoms with Crippen LogP contribution in [-0.4, -0.2) is 75.7 Å². The van der Waals surface area contributed by atoms with Crippen LogP contribution in [0.1, 0.15) is 6.92 Å². The maximum Gasteiger partial charge on any atom is 0.415 e. The lowest BCUT2D eigenvalue weighted by Gasteiger charge is -2.37. The zero-order valence-electron chi connectivity index (χ0n) is 16.9. The summed E-state index contributed by atoms with van der Waals surface area (Å²) < 4.78 is 12.7. The third-order valence-corrected chi connectivity index (χ3v) is 5.32. The van der Waals surface area contributed by atoms with Crippen molar-refractivity contribution in [2.45, 2.75) is 19.1 Å². The van der Waals surface area contributed by atoms with E-state index in [1.165, 1.54) is 6.20 Å². The summed E-state index contributed by atoms with van der Waals surface area (Å²) in [7, 11) is 1.60. The third-order valence-electron chi connectivity index (χ3n) is 5.32. The molecule has 3 heterocycles. The molecule has 11 nitrogen and oxygen atoms in total. The van der Waals surface area contributed by atoms with Crippen LogP contribution in [-0.2, 0) is 6.54 Å². The minimum absolute atomic E-state index is 0.129. The topological polar surface area (TPSA) is 115 Å². The van der Waals surface area contributed by atoms with Crippen molar-refractivity contribution in [1.29, 1.82) is 0 Å². The number of carbonyl (C=O) groups excluding carboxylic acids is 1. The average Bonchev–Trinajstić information content (AvgIpc) is 3.24. The molecule has 1 aromatic heterocycles. The average molecular weight is 416 g/mol. The molecule has 2 amide bonds. The molecule has 0 saturated carbocycles. The summed E-state index contributed by atoms with van der Waals surface area (Å²) in [6.45, 7) is 5.77. The molecule has 30 heavy (non-hydrogen) atoms. The van der Waals surface area contributed by atoms with Crippen LogP contribution in [0.5, 0.6) is 11.8 Å². The number of imidazole rings is 1. The van der Waals surface area contributed by atoms with Crippen LogP contribution in [0.3, 0.4) is 0 Å². The van der Waals surface area contributed by atoms with Gasteiger partial charge in [0.25, 0.3) is 0 Å². The molecular formula is C19H24N6O5. The van der Waals surface area contributed by atoms with E-state index in [-0.39, 0.29) is 17.9 Å². The van der Waals surface area contributed by atoms with Crippen molar-refractivity contribution in [2.24, 2.45) is 0 Å². The van der Waals surface area contributed by atoms with Crippen LogP contribution in [0.2, 0.25) is 0 Å². The Kier molecular flexibility index (Phi) is 5.20. The van der Waals surface area contributed by atoms with E-state index in [2.05, 4.69) is 15.2 Å². The number of hydrogen-bond acceptors (Lipinski definition) is 7. The highest BCUT2D eigenvalue weighted by Gasteiger charge is 2.42. The maximum absolute atomic E-state index is 12.5. The number of aromatic nitrogens is 2. The number of nitro groups is 1. The molecule has 0 bridgehead atoms. The summed E-state index contributed by atoms with van der Waals surface area (Å²) in [5.41, 5.74) is 0.212. The second kappa shape index (κ2) is 7.82. The number of fused-ring (bicyclic) bond motifs is 1. The Balaban J connectivity index is 1.26. The van der Waals surface area contributed by atoms with E-state index in [4.69, 9.17) is 9.47 Å². The summed E-state index contributed by atoms with van der Waals surface area (Å²) in [4.78, 5) is 30.8. The molecule has 0 radical (unpaired) electrons. The monoisotopic (exact) mass is 416 g/mol. The first-order chi connectivity index (χ1) is 14.3. The van der Waals surface area contributed by atoms with E-state index >= 15 is 0 Å².